The summed E-state index contributed by atoms with van der Waals surface area (Å²) in [5, 5.41) is 4.39. The van der Waals surface area contributed by atoms with E-state index >= 15 is 0 Å². The highest BCUT2D eigenvalue weighted by atomic mass is 16.1. The van der Waals surface area contributed by atoms with Crippen molar-refractivity contribution in [3.8, 4) is 0 Å². The number of H-pyrrole nitrogens is 1. The maximum absolute atomic E-state index is 12.9. The fraction of sp³-hybridized carbons (Fsp3) is 0.591. The topological polar surface area (TPSA) is 51.4 Å². The number of piperazine rings is 1. The largest absolute Gasteiger partial charge is 0.350 e. The quantitative estimate of drug-likeness (QED) is 0.853. The van der Waals surface area contributed by atoms with Gasteiger partial charge in [0, 0.05) is 55.6 Å². The Morgan fingerprint density at radius 3 is 2.52 bits per heavy atom. The molecule has 4 rings (SSSR count). The third kappa shape index (κ3) is 3.76. The van der Waals surface area contributed by atoms with Crippen LogP contribution < -0.4 is 5.32 Å². The maximum atomic E-state index is 12.9. The summed E-state index contributed by atoms with van der Waals surface area (Å²) in [6.45, 7) is 12.7. The number of fused-ring (bicyclic) bond motifs is 1. The van der Waals surface area contributed by atoms with E-state index in [1.54, 1.807) is 0 Å². The molecule has 0 atom stereocenters. The first-order chi connectivity index (χ1) is 12.9. The molecule has 5 nitrogen and oxygen atoms in total. The highest BCUT2D eigenvalue weighted by Crippen LogP contribution is 2.45. The molecule has 2 N–H and O–H groups in total. The van der Waals surface area contributed by atoms with Crippen molar-refractivity contribution in [3.63, 3.8) is 0 Å². The molecule has 2 fully saturated rings. The molecule has 0 unspecified atom stereocenters. The van der Waals surface area contributed by atoms with Crippen molar-refractivity contribution in [3.05, 3.63) is 34.5 Å². The first kappa shape index (κ1) is 18.5. The van der Waals surface area contributed by atoms with Crippen molar-refractivity contribution in [2.24, 2.45) is 5.41 Å². The number of aryl methyl sites for hydroxylation is 3. The summed E-state index contributed by atoms with van der Waals surface area (Å²) in [6, 6.07) is 4.33. The molecule has 2 aliphatic rings. The fourth-order valence-electron chi connectivity index (χ4n) is 4.41. The van der Waals surface area contributed by atoms with Crippen LogP contribution in [-0.4, -0.2) is 67.0 Å². The van der Waals surface area contributed by atoms with Gasteiger partial charge >= 0.3 is 0 Å². The van der Waals surface area contributed by atoms with Gasteiger partial charge < -0.3 is 20.1 Å². The molecule has 1 amide bonds. The van der Waals surface area contributed by atoms with E-state index in [2.05, 4.69) is 53.1 Å². The Morgan fingerprint density at radius 2 is 1.85 bits per heavy atom. The van der Waals surface area contributed by atoms with Crippen molar-refractivity contribution < 1.29 is 4.79 Å². The number of aromatic nitrogens is 1. The first-order valence-electron chi connectivity index (χ1n) is 10.2. The molecule has 1 aliphatic carbocycles. The maximum Gasteiger partial charge on any atom is 0.268 e. The summed E-state index contributed by atoms with van der Waals surface area (Å²) in [5.41, 5.74) is 5.58. The summed E-state index contributed by atoms with van der Waals surface area (Å²) in [6.07, 6.45) is 2.45. The van der Waals surface area contributed by atoms with Crippen LogP contribution >= 0.6 is 0 Å². The number of nitrogens with one attached hydrogen (secondary N) is 2. The van der Waals surface area contributed by atoms with Gasteiger partial charge in [-0.05, 0) is 57.9 Å². The van der Waals surface area contributed by atoms with E-state index in [0.717, 1.165) is 55.7 Å². The van der Waals surface area contributed by atoms with Gasteiger partial charge in [-0.2, -0.15) is 0 Å². The molecule has 1 aromatic heterocycles. The van der Waals surface area contributed by atoms with Crippen molar-refractivity contribution >= 4 is 16.8 Å². The number of carbonyl (C=O) groups is 1. The Labute approximate surface area is 162 Å². The first-order valence-corrected chi connectivity index (χ1v) is 10.2. The molecular weight excluding hydrogens is 336 g/mol. The number of benzene rings is 1. The fourth-order valence-corrected chi connectivity index (χ4v) is 4.41. The van der Waals surface area contributed by atoms with Gasteiger partial charge in [0.15, 0.2) is 0 Å². The summed E-state index contributed by atoms with van der Waals surface area (Å²) >= 11 is 0. The van der Waals surface area contributed by atoms with Crippen LogP contribution in [0.4, 0.5) is 0 Å². The number of aromatic amines is 1. The molecule has 146 valence electrons. The smallest absolute Gasteiger partial charge is 0.268 e. The van der Waals surface area contributed by atoms with E-state index in [1.165, 1.54) is 24.0 Å². The molecule has 0 spiro atoms. The van der Waals surface area contributed by atoms with Crippen molar-refractivity contribution in [2.75, 3.05) is 46.3 Å². The Kier molecular flexibility index (Phi) is 4.77. The summed E-state index contributed by atoms with van der Waals surface area (Å²) in [7, 11) is 2.19. The number of likely N-dealkylation sites (N-methyl/N-ethyl adjacent to an activating group) is 1. The molecule has 1 saturated carbocycles. The van der Waals surface area contributed by atoms with Crippen molar-refractivity contribution in [2.45, 2.75) is 33.6 Å². The van der Waals surface area contributed by atoms with Crippen LogP contribution in [0.5, 0.6) is 0 Å². The second-order valence-electron chi connectivity index (χ2n) is 8.89. The number of amides is 1. The molecular formula is C22H32N4O. The van der Waals surface area contributed by atoms with E-state index in [1.807, 2.05) is 6.92 Å². The second kappa shape index (κ2) is 6.95. The van der Waals surface area contributed by atoms with Gasteiger partial charge in [-0.25, -0.2) is 0 Å². The van der Waals surface area contributed by atoms with Gasteiger partial charge in [-0.3, -0.25) is 4.79 Å². The summed E-state index contributed by atoms with van der Waals surface area (Å²) in [4.78, 5) is 21.2. The van der Waals surface area contributed by atoms with E-state index in [0.29, 0.717) is 5.69 Å². The SMILES string of the molecule is Cc1cc(C)c2[nH]c(C(=O)NCC3(CN4CCN(C)CC4)CC3)c(C)c2c1. The van der Waals surface area contributed by atoms with Crippen LogP contribution in [0, 0.1) is 26.2 Å². The van der Waals surface area contributed by atoms with Gasteiger partial charge in [0.25, 0.3) is 5.91 Å². The number of rotatable bonds is 5. The zero-order valence-corrected chi connectivity index (χ0v) is 17.1. The third-order valence-corrected chi connectivity index (χ3v) is 6.47. The Morgan fingerprint density at radius 1 is 1.15 bits per heavy atom. The van der Waals surface area contributed by atoms with Gasteiger partial charge in [-0.1, -0.05) is 11.6 Å². The van der Waals surface area contributed by atoms with Crippen LogP contribution in [-0.2, 0) is 0 Å². The standard InChI is InChI=1S/C22H32N4O/c1-15-11-16(2)19-18(12-15)17(3)20(24-19)21(27)23-13-22(5-6-22)14-26-9-7-25(4)8-10-26/h11-12,24H,5-10,13-14H2,1-4H3,(H,23,27). The molecule has 2 heterocycles. The third-order valence-electron chi connectivity index (χ3n) is 6.47. The normalized spacial score (nSPS) is 20.1. The minimum absolute atomic E-state index is 0.0328. The average Bonchev–Trinajstić information content (AvgIpc) is 3.32. The van der Waals surface area contributed by atoms with Gasteiger partial charge in [0.05, 0.1) is 0 Å². The number of carbonyl (C=O) groups excluding carboxylic acids is 1. The number of hydrogen-bond donors (Lipinski definition) is 2. The van der Waals surface area contributed by atoms with Gasteiger partial charge in [0.2, 0.25) is 0 Å². The van der Waals surface area contributed by atoms with Gasteiger partial charge in [0.1, 0.15) is 5.69 Å². The summed E-state index contributed by atoms with van der Waals surface area (Å²) < 4.78 is 0. The lowest BCUT2D eigenvalue weighted by Gasteiger charge is -2.34. The summed E-state index contributed by atoms with van der Waals surface area (Å²) in [5.74, 6) is 0.0328. The predicted octanol–water partition coefficient (Wildman–Crippen LogP) is 2.85. The van der Waals surface area contributed by atoms with Crippen LogP contribution in [0.15, 0.2) is 12.1 Å². The number of nitrogens with zero attached hydrogens (tertiary/aromatic N) is 2. The minimum Gasteiger partial charge on any atom is -0.350 e. The molecule has 5 heteroatoms. The van der Waals surface area contributed by atoms with E-state index in [9.17, 15) is 4.79 Å². The minimum atomic E-state index is 0.0328. The lowest BCUT2D eigenvalue weighted by Crippen LogP contribution is -2.48. The Hall–Kier alpha value is -1.85. The zero-order valence-electron chi connectivity index (χ0n) is 17.1. The highest BCUT2D eigenvalue weighted by Gasteiger charge is 2.44. The molecule has 0 bridgehead atoms. The Bertz CT molecular complexity index is 857. The van der Waals surface area contributed by atoms with Crippen LogP contribution in [0.3, 0.4) is 0 Å². The van der Waals surface area contributed by atoms with Crippen molar-refractivity contribution in [1.82, 2.24) is 20.1 Å². The monoisotopic (exact) mass is 368 g/mol. The molecule has 1 aliphatic heterocycles. The van der Waals surface area contributed by atoms with Crippen LogP contribution in [0.2, 0.25) is 0 Å². The molecule has 0 radical (unpaired) electrons. The Balaban J connectivity index is 1.42. The van der Waals surface area contributed by atoms with Crippen molar-refractivity contribution in [1.29, 1.82) is 0 Å². The van der Waals surface area contributed by atoms with E-state index < -0.39 is 0 Å². The molecule has 2 aromatic rings. The molecule has 1 saturated heterocycles. The molecule has 1 aromatic carbocycles. The zero-order chi connectivity index (χ0) is 19.2. The second-order valence-corrected chi connectivity index (χ2v) is 8.89. The highest BCUT2D eigenvalue weighted by molar-refractivity contribution is 6.01. The number of hydrogen-bond acceptors (Lipinski definition) is 3. The van der Waals surface area contributed by atoms with Crippen LogP contribution in [0.1, 0.15) is 40.0 Å². The predicted molar refractivity (Wildman–Crippen MR) is 110 cm³/mol. The average molecular weight is 369 g/mol. The van der Waals surface area contributed by atoms with Crippen LogP contribution in [0.25, 0.3) is 10.9 Å². The van der Waals surface area contributed by atoms with E-state index in [4.69, 9.17) is 0 Å². The lowest BCUT2D eigenvalue weighted by molar-refractivity contribution is 0.0922. The van der Waals surface area contributed by atoms with Gasteiger partial charge in [-0.15, -0.1) is 0 Å². The lowest BCUT2D eigenvalue weighted by atomic mass is 10.0. The van der Waals surface area contributed by atoms with E-state index in [-0.39, 0.29) is 11.3 Å². The molecule has 27 heavy (non-hydrogen) atoms.